The van der Waals surface area contributed by atoms with Crippen LogP contribution in [0.3, 0.4) is 0 Å². The number of hydrogen-bond donors (Lipinski definition) is 1. The van der Waals surface area contributed by atoms with E-state index < -0.39 is 9.84 Å². The summed E-state index contributed by atoms with van der Waals surface area (Å²) in [7, 11) is -2.92. The van der Waals surface area contributed by atoms with Crippen LogP contribution in [0.1, 0.15) is 22.5 Å². The summed E-state index contributed by atoms with van der Waals surface area (Å²) in [4.78, 5) is 30.1. The van der Waals surface area contributed by atoms with Gasteiger partial charge in [0, 0.05) is 37.1 Å². The van der Waals surface area contributed by atoms with Gasteiger partial charge in [-0.15, -0.1) is 11.8 Å². The van der Waals surface area contributed by atoms with E-state index in [1.807, 2.05) is 23.1 Å². The quantitative estimate of drug-likeness (QED) is 0.605. The lowest BCUT2D eigenvalue weighted by Gasteiger charge is -2.37. The summed E-state index contributed by atoms with van der Waals surface area (Å²) in [5.41, 5.74) is 0.591. The smallest absolute Gasteiger partial charge is 0.255 e. The molecule has 2 saturated heterocycles. The summed E-state index contributed by atoms with van der Waals surface area (Å²) in [6.07, 6.45) is 2.24. The first-order valence-electron chi connectivity index (χ1n) is 10.7. The number of nitrogens with one attached hydrogen (secondary N) is 1. The first-order chi connectivity index (χ1) is 15.4. The zero-order valence-corrected chi connectivity index (χ0v) is 19.4. The van der Waals surface area contributed by atoms with Gasteiger partial charge in [-0.25, -0.2) is 8.42 Å². The van der Waals surface area contributed by atoms with Crippen LogP contribution in [0.2, 0.25) is 0 Å². The van der Waals surface area contributed by atoms with Crippen LogP contribution in [0.25, 0.3) is 0 Å². The zero-order chi connectivity index (χ0) is 22.6. The summed E-state index contributed by atoms with van der Waals surface area (Å²) in [5.74, 6) is 1.19. The standard InChI is InChI=1S/C22H27N3O5S2/c26-21(23-14-18-4-3-12-30-18)15-31-20-6-2-1-5-19(20)22(27)25-10-8-24(9-11-25)17-7-13-32(28,29)16-17/h1-6,12,17H,7-11,13-16H2,(H,23,26)/t17-/m0/s1. The molecular weight excluding hydrogens is 450 g/mol. The second kappa shape index (κ2) is 10.1. The molecule has 2 aliphatic rings. The van der Waals surface area contributed by atoms with E-state index in [0.29, 0.717) is 50.5 Å². The lowest BCUT2D eigenvalue weighted by atomic mass is 10.1. The number of hydrogen-bond acceptors (Lipinski definition) is 7. The lowest BCUT2D eigenvalue weighted by molar-refractivity contribution is -0.118. The van der Waals surface area contributed by atoms with E-state index in [1.54, 1.807) is 24.5 Å². The van der Waals surface area contributed by atoms with E-state index in [-0.39, 0.29) is 35.1 Å². The Balaban J connectivity index is 1.30. The number of nitrogens with zero attached hydrogens (tertiary/aromatic N) is 2. The first kappa shape index (κ1) is 22.9. The molecule has 10 heteroatoms. The van der Waals surface area contributed by atoms with E-state index in [0.717, 1.165) is 4.90 Å². The van der Waals surface area contributed by atoms with Crippen LogP contribution in [0.4, 0.5) is 0 Å². The summed E-state index contributed by atoms with van der Waals surface area (Å²) in [6, 6.07) is 11.0. The van der Waals surface area contributed by atoms with Crippen LogP contribution in [-0.4, -0.2) is 79.5 Å². The normalized spacial score (nSPS) is 20.9. The minimum Gasteiger partial charge on any atom is -0.467 e. The van der Waals surface area contributed by atoms with Crippen LogP contribution < -0.4 is 5.32 Å². The maximum Gasteiger partial charge on any atom is 0.255 e. The van der Waals surface area contributed by atoms with E-state index in [9.17, 15) is 18.0 Å². The highest BCUT2D eigenvalue weighted by molar-refractivity contribution is 8.00. The van der Waals surface area contributed by atoms with Crippen molar-refractivity contribution in [3.63, 3.8) is 0 Å². The molecule has 0 bridgehead atoms. The zero-order valence-electron chi connectivity index (χ0n) is 17.7. The van der Waals surface area contributed by atoms with Gasteiger partial charge in [0.1, 0.15) is 5.76 Å². The molecule has 2 amide bonds. The average molecular weight is 478 g/mol. The largest absolute Gasteiger partial charge is 0.467 e. The maximum atomic E-state index is 13.2. The summed E-state index contributed by atoms with van der Waals surface area (Å²) >= 11 is 1.34. The van der Waals surface area contributed by atoms with Gasteiger partial charge >= 0.3 is 0 Å². The molecule has 1 atom stereocenters. The van der Waals surface area contributed by atoms with Crippen molar-refractivity contribution in [2.75, 3.05) is 43.4 Å². The van der Waals surface area contributed by atoms with E-state index in [1.165, 1.54) is 11.8 Å². The number of rotatable bonds is 7. The topological polar surface area (TPSA) is 99.9 Å². The molecular formula is C22H27N3O5S2. The Morgan fingerprint density at radius 1 is 1.09 bits per heavy atom. The Morgan fingerprint density at radius 2 is 1.88 bits per heavy atom. The Morgan fingerprint density at radius 3 is 2.56 bits per heavy atom. The van der Waals surface area contributed by atoms with E-state index >= 15 is 0 Å². The minimum atomic E-state index is -2.92. The van der Waals surface area contributed by atoms with Gasteiger partial charge in [-0.1, -0.05) is 12.1 Å². The van der Waals surface area contributed by atoms with Crippen molar-refractivity contribution in [3.05, 3.63) is 54.0 Å². The third-order valence-corrected chi connectivity index (χ3v) is 8.67. The van der Waals surface area contributed by atoms with Gasteiger partial charge in [-0.3, -0.25) is 14.5 Å². The fourth-order valence-corrected chi connectivity index (χ4v) is 6.72. The monoisotopic (exact) mass is 477 g/mol. The van der Waals surface area contributed by atoms with Crippen molar-refractivity contribution >= 4 is 33.4 Å². The van der Waals surface area contributed by atoms with Crippen molar-refractivity contribution in [1.82, 2.24) is 15.1 Å². The summed E-state index contributed by atoms with van der Waals surface area (Å²) in [5, 5.41) is 2.81. The number of benzene rings is 1. The van der Waals surface area contributed by atoms with Crippen molar-refractivity contribution < 1.29 is 22.4 Å². The molecule has 32 heavy (non-hydrogen) atoms. The summed E-state index contributed by atoms with van der Waals surface area (Å²) in [6.45, 7) is 2.82. The molecule has 172 valence electrons. The minimum absolute atomic E-state index is 0.0530. The molecule has 0 unspecified atom stereocenters. The predicted octanol–water partition coefficient (Wildman–Crippen LogP) is 1.63. The van der Waals surface area contributed by atoms with Gasteiger partial charge in [0.05, 0.1) is 35.6 Å². The SMILES string of the molecule is O=C(CSc1ccccc1C(=O)N1CCN([C@H]2CCS(=O)(=O)C2)CC1)NCc1ccco1. The highest BCUT2D eigenvalue weighted by Gasteiger charge is 2.34. The van der Waals surface area contributed by atoms with Crippen molar-refractivity contribution in [2.24, 2.45) is 0 Å². The molecule has 0 saturated carbocycles. The first-order valence-corrected chi connectivity index (χ1v) is 13.5. The maximum absolute atomic E-state index is 13.2. The van der Waals surface area contributed by atoms with Crippen LogP contribution >= 0.6 is 11.8 Å². The highest BCUT2D eigenvalue weighted by Crippen LogP contribution is 2.25. The van der Waals surface area contributed by atoms with Gasteiger partial charge in [0.15, 0.2) is 9.84 Å². The van der Waals surface area contributed by atoms with Crippen molar-refractivity contribution in [1.29, 1.82) is 0 Å². The molecule has 2 aromatic rings. The Bertz CT molecular complexity index is 1050. The second-order valence-corrected chi connectivity index (χ2v) is 11.3. The molecule has 3 heterocycles. The molecule has 1 N–H and O–H groups in total. The number of thioether (sulfide) groups is 1. The van der Waals surface area contributed by atoms with Gasteiger partial charge in [0.2, 0.25) is 5.91 Å². The molecule has 1 aromatic heterocycles. The van der Waals surface area contributed by atoms with E-state index in [2.05, 4.69) is 10.2 Å². The third kappa shape index (κ3) is 5.73. The number of furan rings is 1. The number of piperazine rings is 1. The van der Waals surface area contributed by atoms with E-state index in [4.69, 9.17) is 4.42 Å². The fourth-order valence-electron chi connectivity index (χ4n) is 4.09. The summed E-state index contributed by atoms with van der Waals surface area (Å²) < 4.78 is 28.7. The lowest BCUT2D eigenvalue weighted by Crippen LogP contribution is -2.52. The Labute approximate surface area is 192 Å². The van der Waals surface area contributed by atoms with Crippen molar-refractivity contribution in [3.8, 4) is 0 Å². The van der Waals surface area contributed by atoms with Crippen LogP contribution in [0.5, 0.6) is 0 Å². The molecule has 2 aliphatic heterocycles. The number of carbonyl (C=O) groups excluding carboxylic acids is 2. The molecule has 4 rings (SSSR count). The van der Waals surface area contributed by atoms with Gasteiger partial charge in [0.25, 0.3) is 5.91 Å². The molecule has 1 aromatic carbocycles. The molecule has 0 radical (unpaired) electrons. The van der Waals surface area contributed by atoms with Gasteiger partial charge < -0.3 is 14.6 Å². The Kier molecular flexibility index (Phi) is 7.22. The molecule has 2 fully saturated rings. The van der Waals surface area contributed by atoms with Crippen LogP contribution in [-0.2, 0) is 21.2 Å². The molecule has 8 nitrogen and oxygen atoms in total. The average Bonchev–Trinajstić information content (AvgIpc) is 3.45. The van der Waals surface area contributed by atoms with Crippen molar-refractivity contribution in [2.45, 2.75) is 23.9 Å². The van der Waals surface area contributed by atoms with Crippen LogP contribution in [0.15, 0.2) is 52.0 Å². The van der Waals surface area contributed by atoms with Crippen LogP contribution in [0, 0.1) is 0 Å². The number of sulfone groups is 1. The third-order valence-electron chi connectivity index (χ3n) is 5.84. The van der Waals surface area contributed by atoms with Gasteiger partial charge in [-0.2, -0.15) is 0 Å². The molecule has 0 spiro atoms. The molecule has 0 aliphatic carbocycles. The fraction of sp³-hybridized carbons (Fsp3) is 0.455. The Hall–Kier alpha value is -2.30. The van der Waals surface area contributed by atoms with Gasteiger partial charge in [-0.05, 0) is 30.7 Å². The predicted molar refractivity (Wildman–Crippen MR) is 122 cm³/mol. The highest BCUT2D eigenvalue weighted by atomic mass is 32.2. The second-order valence-electron chi connectivity index (χ2n) is 8.03. The number of carbonyl (C=O) groups is 2. The number of amides is 2.